The molecule has 1 unspecified atom stereocenters. The van der Waals surface area contributed by atoms with Gasteiger partial charge in [-0.15, -0.1) is 6.58 Å². The van der Waals surface area contributed by atoms with E-state index in [1.165, 1.54) is 0 Å². The summed E-state index contributed by atoms with van der Waals surface area (Å²) in [6.45, 7) is 9.62. The van der Waals surface area contributed by atoms with Crippen molar-refractivity contribution in [3.63, 3.8) is 0 Å². The van der Waals surface area contributed by atoms with Crippen LogP contribution in [0.4, 0.5) is 11.4 Å². The van der Waals surface area contributed by atoms with Crippen molar-refractivity contribution in [2.24, 2.45) is 0 Å². The fraction of sp³-hybridized carbons (Fsp3) is 0.407. The number of piperazine rings is 1. The number of para-hydroxylation sites is 2. The molecule has 1 spiro atoms. The molecular weight excluding hydrogens is 462 g/mol. The third kappa shape index (κ3) is 3.65. The maximum atomic E-state index is 12.2. The van der Waals surface area contributed by atoms with Crippen LogP contribution in [-0.4, -0.2) is 75.2 Å². The van der Waals surface area contributed by atoms with Crippen LogP contribution in [0.3, 0.4) is 0 Å². The second-order valence-electron chi connectivity index (χ2n) is 9.34. The van der Waals surface area contributed by atoms with Crippen LogP contribution in [-0.2, 0) is 19.1 Å². The number of nitrogens with zero attached hydrogens (tertiary/aromatic N) is 3. The molecule has 1 atom stereocenters. The second-order valence-corrected chi connectivity index (χ2v) is 9.34. The van der Waals surface area contributed by atoms with Crippen molar-refractivity contribution >= 4 is 23.3 Å². The topological polar surface area (TPSA) is 80.8 Å². The SMILES string of the molecule is C=CCN1c2ccccc2C(CCN2CCN(c3cccc4c3OCCO4)CC2)C12OC(=O)C(=O)O2. The highest BCUT2D eigenvalue weighted by Crippen LogP contribution is 2.52. The van der Waals surface area contributed by atoms with Gasteiger partial charge in [-0.3, -0.25) is 9.80 Å². The third-order valence-corrected chi connectivity index (χ3v) is 7.37. The van der Waals surface area contributed by atoms with Crippen LogP contribution in [0.5, 0.6) is 11.5 Å². The average Bonchev–Trinajstić information content (AvgIpc) is 3.34. The molecule has 2 aromatic carbocycles. The summed E-state index contributed by atoms with van der Waals surface area (Å²) in [6, 6.07) is 13.9. The van der Waals surface area contributed by atoms with E-state index in [2.05, 4.69) is 22.4 Å². The van der Waals surface area contributed by atoms with Gasteiger partial charge in [0.15, 0.2) is 11.5 Å². The molecular formula is C27H29N3O6. The molecule has 0 bridgehead atoms. The van der Waals surface area contributed by atoms with Gasteiger partial charge in [-0.05, 0) is 36.7 Å². The van der Waals surface area contributed by atoms with E-state index in [1.807, 2.05) is 41.3 Å². The molecule has 2 saturated heterocycles. The van der Waals surface area contributed by atoms with Gasteiger partial charge in [0.25, 0.3) is 0 Å². The lowest BCUT2D eigenvalue weighted by molar-refractivity contribution is -0.185. The zero-order chi connectivity index (χ0) is 24.7. The lowest BCUT2D eigenvalue weighted by Gasteiger charge is -2.39. The molecule has 0 amide bonds. The van der Waals surface area contributed by atoms with Crippen molar-refractivity contribution in [1.82, 2.24) is 4.90 Å². The van der Waals surface area contributed by atoms with Crippen LogP contribution in [0.15, 0.2) is 55.1 Å². The Labute approximate surface area is 209 Å². The molecule has 9 heteroatoms. The quantitative estimate of drug-likeness (QED) is 0.344. The molecule has 0 aromatic heterocycles. The maximum Gasteiger partial charge on any atom is 0.422 e. The van der Waals surface area contributed by atoms with E-state index in [0.717, 1.165) is 61.2 Å². The number of anilines is 2. The molecule has 4 aliphatic heterocycles. The van der Waals surface area contributed by atoms with Gasteiger partial charge in [0.1, 0.15) is 13.2 Å². The minimum absolute atomic E-state index is 0.297. The van der Waals surface area contributed by atoms with E-state index >= 15 is 0 Å². The normalized spacial score (nSPS) is 22.4. The van der Waals surface area contributed by atoms with Crippen molar-refractivity contribution in [3.8, 4) is 11.5 Å². The molecule has 0 saturated carbocycles. The lowest BCUT2D eigenvalue weighted by Crippen LogP contribution is -2.52. The molecule has 188 valence electrons. The predicted molar refractivity (Wildman–Crippen MR) is 132 cm³/mol. The molecule has 9 nitrogen and oxygen atoms in total. The van der Waals surface area contributed by atoms with Crippen LogP contribution in [0.1, 0.15) is 17.9 Å². The molecule has 36 heavy (non-hydrogen) atoms. The number of ether oxygens (including phenoxy) is 4. The number of fused-ring (bicyclic) bond motifs is 2. The van der Waals surface area contributed by atoms with Gasteiger partial charge in [-0.2, -0.15) is 0 Å². The number of carbonyl (C=O) groups is 2. The summed E-state index contributed by atoms with van der Waals surface area (Å²) in [5.41, 5.74) is 2.97. The highest BCUT2D eigenvalue weighted by Gasteiger charge is 2.62. The first-order valence-corrected chi connectivity index (χ1v) is 12.4. The Hall–Kier alpha value is -3.72. The maximum absolute atomic E-state index is 12.2. The Morgan fingerprint density at radius 1 is 0.917 bits per heavy atom. The molecule has 4 aliphatic rings. The van der Waals surface area contributed by atoms with Crippen molar-refractivity contribution in [3.05, 3.63) is 60.7 Å². The highest BCUT2D eigenvalue weighted by molar-refractivity contribution is 6.31. The van der Waals surface area contributed by atoms with E-state index in [4.69, 9.17) is 18.9 Å². The standard InChI is InChI=1S/C27H29N3O6/c1-2-11-30-21-7-4-3-6-19(21)20(27(30)35-25(31)26(32)36-27)10-12-28-13-15-29(16-14-28)22-8-5-9-23-24(22)34-18-17-33-23/h2-9,20H,1,10-18H2. The van der Waals surface area contributed by atoms with E-state index in [9.17, 15) is 9.59 Å². The Kier molecular flexibility index (Phi) is 5.72. The van der Waals surface area contributed by atoms with E-state index in [-0.39, 0.29) is 5.92 Å². The largest absolute Gasteiger partial charge is 0.486 e. The number of hydrogen-bond donors (Lipinski definition) is 0. The van der Waals surface area contributed by atoms with E-state index in [0.29, 0.717) is 26.2 Å². The summed E-state index contributed by atoms with van der Waals surface area (Å²) in [7, 11) is 0. The number of carbonyl (C=O) groups excluding carboxylic acids is 2. The van der Waals surface area contributed by atoms with E-state index in [1.54, 1.807) is 6.08 Å². The second kappa shape index (κ2) is 9.05. The van der Waals surface area contributed by atoms with Crippen LogP contribution in [0.25, 0.3) is 0 Å². The molecule has 0 aliphatic carbocycles. The van der Waals surface area contributed by atoms with Crippen LogP contribution in [0.2, 0.25) is 0 Å². The molecule has 2 fully saturated rings. The molecule has 2 aromatic rings. The van der Waals surface area contributed by atoms with Crippen LogP contribution < -0.4 is 19.3 Å². The molecule has 0 N–H and O–H groups in total. The zero-order valence-corrected chi connectivity index (χ0v) is 20.1. The van der Waals surface area contributed by atoms with Crippen molar-refractivity contribution in [1.29, 1.82) is 0 Å². The number of benzene rings is 2. The minimum atomic E-state index is -1.46. The molecule has 0 radical (unpaired) electrons. The summed E-state index contributed by atoms with van der Waals surface area (Å²) in [5.74, 6) is -2.03. The smallest absolute Gasteiger partial charge is 0.422 e. The average molecular weight is 492 g/mol. The van der Waals surface area contributed by atoms with Gasteiger partial charge in [-0.25, -0.2) is 9.59 Å². The van der Waals surface area contributed by atoms with Crippen molar-refractivity contribution < 1.29 is 28.5 Å². The van der Waals surface area contributed by atoms with Crippen LogP contribution in [0, 0.1) is 0 Å². The summed E-state index contributed by atoms with van der Waals surface area (Å²) >= 11 is 0. The first kappa shape index (κ1) is 22.7. The van der Waals surface area contributed by atoms with Gasteiger partial charge in [0.2, 0.25) is 0 Å². The highest BCUT2D eigenvalue weighted by atomic mass is 16.8. The first-order chi connectivity index (χ1) is 17.6. The minimum Gasteiger partial charge on any atom is -0.486 e. The Bertz CT molecular complexity index is 1180. The number of rotatable bonds is 6. The number of hydrogen-bond acceptors (Lipinski definition) is 9. The first-order valence-electron chi connectivity index (χ1n) is 12.4. The summed E-state index contributed by atoms with van der Waals surface area (Å²) in [4.78, 5) is 30.9. The summed E-state index contributed by atoms with van der Waals surface area (Å²) in [6.07, 6.45) is 2.39. The molecule has 4 heterocycles. The van der Waals surface area contributed by atoms with Gasteiger partial charge < -0.3 is 23.8 Å². The fourth-order valence-electron chi connectivity index (χ4n) is 5.73. The third-order valence-electron chi connectivity index (χ3n) is 7.37. The zero-order valence-electron chi connectivity index (χ0n) is 20.1. The lowest BCUT2D eigenvalue weighted by atomic mass is 9.94. The van der Waals surface area contributed by atoms with Gasteiger partial charge in [0.05, 0.1) is 11.6 Å². The predicted octanol–water partition coefficient (Wildman–Crippen LogP) is 2.51. The van der Waals surface area contributed by atoms with E-state index < -0.39 is 17.8 Å². The Morgan fingerprint density at radius 2 is 1.64 bits per heavy atom. The van der Waals surface area contributed by atoms with Crippen LogP contribution >= 0.6 is 0 Å². The molecule has 6 rings (SSSR count). The Balaban J connectivity index is 1.17. The fourth-order valence-corrected chi connectivity index (χ4v) is 5.73. The van der Waals surface area contributed by atoms with Gasteiger partial charge >= 0.3 is 17.8 Å². The summed E-state index contributed by atoms with van der Waals surface area (Å²) in [5, 5.41) is 0. The van der Waals surface area contributed by atoms with Gasteiger partial charge in [0, 0.05) is 38.4 Å². The van der Waals surface area contributed by atoms with Gasteiger partial charge in [-0.1, -0.05) is 30.3 Å². The summed E-state index contributed by atoms with van der Waals surface area (Å²) < 4.78 is 23.0. The van der Waals surface area contributed by atoms with Crippen molar-refractivity contribution in [2.45, 2.75) is 18.2 Å². The monoisotopic (exact) mass is 491 g/mol. The Morgan fingerprint density at radius 3 is 2.42 bits per heavy atom. The van der Waals surface area contributed by atoms with Crippen molar-refractivity contribution in [2.75, 3.05) is 62.3 Å². The number of esters is 2.